The van der Waals surface area contributed by atoms with Crippen molar-refractivity contribution in [2.24, 2.45) is 5.73 Å². The number of hydrogen-bond acceptors (Lipinski definition) is 5. The van der Waals surface area contributed by atoms with E-state index in [1.54, 1.807) is 24.3 Å². The Morgan fingerprint density at radius 2 is 2.06 bits per heavy atom. The van der Waals surface area contributed by atoms with Gasteiger partial charge in [-0.25, -0.2) is 0 Å². The van der Waals surface area contributed by atoms with Gasteiger partial charge in [-0.3, -0.25) is 4.79 Å². The molecule has 94 valence electrons. The highest BCUT2D eigenvalue weighted by atomic mass is 16.5. The van der Waals surface area contributed by atoms with Crippen LogP contribution in [0, 0.1) is 0 Å². The van der Waals surface area contributed by atoms with Gasteiger partial charge in [-0.15, -0.1) is 0 Å². The predicted octanol–water partition coefficient (Wildman–Crippen LogP) is 0.480. The van der Waals surface area contributed by atoms with Crippen molar-refractivity contribution in [3.63, 3.8) is 0 Å². The zero-order valence-corrected chi connectivity index (χ0v) is 9.59. The van der Waals surface area contributed by atoms with Gasteiger partial charge in [-0.2, -0.15) is 4.98 Å². The summed E-state index contributed by atoms with van der Waals surface area (Å²) < 4.78 is 5.33. The molecule has 0 radical (unpaired) electrons. The van der Waals surface area contributed by atoms with Gasteiger partial charge in [0, 0.05) is 12.1 Å². The van der Waals surface area contributed by atoms with E-state index in [4.69, 9.17) is 10.5 Å². The van der Waals surface area contributed by atoms with Crippen molar-refractivity contribution in [2.75, 3.05) is 13.2 Å². The van der Waals surface area contributed by atoms with E-state index >= 15 is 0 Å². The molecule has 0 unspecified atom stereocenters. The summed E-state index contributed by atoms with van der Waals surface area (Å²) in [6, 6.07) is 7.99. The Bertz CT molecular complexity index is 578. The summed E-state index contributed by atoms with van der Waals surface area (Å²) >= 11 is 0. The maximum Gasteiger partial charge on any atom is 0.254 e. The third kappa shape index (κ3) is 2.86. The van der Waals surface area contributed by atoms with Crippen LogP contribution >= 0.6 is 0 Å². The molecule has 0 bridgehead atoms. The molecule has 2 rings (SSSR count). The predicted molar refractivity (Wildman–Crippen MR) is 66.5 cm³/mol. The fourth-order valence-electron chi connectivity index (χ4n) is 1.47. The lowest BCUT2D eigenvalue weighted by molar-refractivity contribution is 0.328. The Balaban J connectivity index is 2.25. The molecule has 0 saturated heterocycles. The second-order valence-electron chi connectivity index (χ2n) is 3.61. The fourth-order valence-corrected chi connectivity index (χ4v) is 1.47. The minimum absolute atomic E-state index is 0.308. The van der Waals surface area contributed by atoms with E-state index in [0.717, 1.165) is 6.07 Å². The maximum atomic E-state index is 11.2. The van der Waals surface area contributed by atoms with Gasteiger partial charge < -0.3 is 20.6 Å². The Morgan fingerprint density at radius 3 is 2.67 bits per heavy atom. The molecule has 0 aliphatic rings. The largest absolute Gasteiger partial charge is 0.493 e. The third-order valence-electron chi connectivity index (χ3n) is 2.24. The number of nitrogens with two attached hydrogens (primary N) is 1. The molecule has 0 fully saturated rings. The van der Waals surface area contributed by atoms with Crippen LogP contribution in [0.3, 0.4) is 0 Å². The number of aromatic hydroxyl groups is 1. The van der Waals surface area contributed by atoms with E-state index in [1.165, 1.54) is 0 Å². The molecule has 2 aromatic rings. The molecular weight excluding hydrogens is 234 g/mol. The molecule has 4 N–H and O–H groups in total. The van der Waals surface area contributed by atoms with E-state index in [9.17, 15) is 9.90 Å². The molecule has 0 spiro atoms. The van der Waals surface area contributed by atoms with E-state index < -0.39 is 5.56 Å². The Kier molecular flexibility index (Phi) is 3.59. The second-order valence-corrected chi connectivity index (χ2v) is 3.61. The van der Waals surface area contributed by atoms with Crippen molar-refractivity contribution >= 4 is 0 Å². The number of benzene rings is 1. The number of ether oxygens (including phenoxy) is 1. The smallest absolute Gasteiger partial charge is 0.254 e. The summed E-state index contributed by atoms with van der Waals surface area (Å²) in [6.07, 6.45) is 0. The van der Waals surface area contributed by atoms with E-state index in [1.807, 2.05) is 0 Å². The zero-order chi connectivity index (χ0) is 13.0. The molecule has 0 amide bonds. The third-order valence-corrected chi connectivity index (χ3v) is 2.24. The summed E-state index contributed by atoms with van der Waals surface area (Å²) in [7, 11) is 0. The average Bonchev–Trinajstić information content (AvgIpc) is 2.36. The molecular formula is C12H13N3O3. The summed E-state index contributed by atoms with van der Waals surface area (Å²) in [4.78, 5) is 17.6. The lowest BCUT2D eigenvalue weighted by Crippen LogP contribution is -2.10. The van der Waals surface area contributed by atoms with Crippen molar-refractivity contribution in [1.82, 2.24) is 9.97 Å². The minimum Gasteiger partial charge on any atom is -0.493 e. The molecule has 6 nitrogen and oxygen atoms in total. The normalized spacial score (nSPS) is 10.3. The molecule has 18 heavy (non-hydrogen) atoms. The maximum absolute atomic E-state index is 11.2. The monoisotopic (exact) mass is 247 g/mol. The van der Waals surface area contributed by atoms with Crippen LogP contribution in [0.4, 0.5) is 0 Å². The lowest BCUT2D eigenvalue weighted by Gasteiger charge is -2.05. The second kappa shape index (κ2) is 5.33. The number of nitrogens with one attached hydrogen (secondary N) is 1. The standard InChI is InChI=1S/C12H13N3O3/c13-5-6-18-9-3-1-8(2-4-9)12-14-10(16)7-11(17)15-12/h1-4,7H,5-6,13H2,(H2,14,15,16,17). The van der Waals surface area contributed by atoms with Crippen molar-refractivity contribution in [2.45, 2.75) is 0 Å². The van der Waals surface area contributed by atoms with Gasteiger partial charge in [0.1, 0.15) is 18.2 Å². The number of rotatable bonds is 4. The molecule has 1 aromatic carbocycles. The molecule has 6 heteroatoms. The quantitative estimate of drug-likeness (QED) is 0.729. The SMILES string of the molecule is NCCOc1ccc(-c2nc(O)cc(=O)[nH]2)cc1. The summed E-state index contributed by atoms with van der Waals surface area (Å²) in [5.74, 6) is 0.689. The van der Waals surface area contributed by atoms with Crippen molar-refractivity contribution < 1.29 is 9.84 Å². The number of aromatic amines is 1. The first-order valence-corrected chi connectivity index (χ1v) is 5.42. The fraction of sp³-hybridized carbons (Fsp3) is 0.167. The molecule has 0 aliphatic heterocycles. The van der Waals surface area contributed by atoms with E-state index in [-0.39, 0.29) is 5.88 Å². The average molecular weight is 247 g/mol. The minimum atomic E-state index is -0.402. The van der Waals surface area contributed by atoms with Gasteiger partial charge in [0.05, 0.1) is 6.07 Å². The number of H-pyrrole nitrogens is 1. The lowest BCUT2D eigenvalue weighted by atomic mass is 10.2. The van der Waals surface area contributed by atoms with Gasteiger partial charge in [-0.05, 0) is 24.3 Å². The Labute approximate surface area is 103 Å². The molecule has 0 atom stereocenters. The molecule has 1 aromatic heterocycles. The van der Waals surface area contributed by atoms with E-state index in [2.05, 4.69) is 9.97 Å². The number of nitrogens with zero attached hydrogens (tertiary/aromatic N) is 1. The van der Waals surface area contributed by atoms with Crippen molar-refractivity contribution in [3.8, 4) is 23.0 Å². The van der Waals surface area contributed by atoms with E-state index in [0.29, 0.717) is 30.3 Å². The first kappa shape index (κ1) is 12.1. The Morgan fingerprint density at radius 1 is 1.33 bits per heavy atom. The van der Waals surface area contributed by atoms with Crippen LogP contribution in [0.5, 0.6) is 11.6 Å². The van der Waals surface area contributed by atoms with Crippen LogP contribution in [-0.4, -0.2) is 28.2 Å². The first-order chi connectivity index (χ1) is 8.69. The van der Waals surface area contributed by atoms with Gasteiger partial charge in [0.15, 0.2) is 0 Å². The highest BCUT2D eigenvalue weighted by Crippen LogP contribution is 2.19. The summed E-state index contributed by atoms with van der Waals surface area (Å²) in [6.45, 7) is 0.893. The van der Waals surface area contributed by atoms with Crippen LogP contribution in [0.25, 0.3) is 11.4 Å². The molecule has 0 aliphatic carbocycles. The van der Waals surface area contributed by atoms with Gasteiger partial charge in [0.2, 0.25) is 5.88 Å². The highest BCUT2D eigenvalue weighted by molar-refractivity contribution is 5.56. The van der Waals surface area contributed by atoms with Crippen LogP contribution in [0.1, 0.15) is 0 Å². The Hall–Kier alpha value is -2.34. The van der Waals surface area contributed by atoms with Crippen LogP contribution in [0.2, 0.25) is 0 Å². The first-order valence-electron chi connectivity index (χ1n) is 5.42. The molecule has 0 saturated carbocycles. The van der Waals surface area contributed by atoms with Crippen LogP contribution in [0.15, 0.2) is 35.1 Å². The number of hydrogen-bond donors (Lipinski definition) is 3. The van der Waals surface area contributed by atoms with Gasteiger partial charge in [-0.1, -0.05) is 0 Å². The highest BCUT2D eigenvalue weighted by Gasteiger charge is 2.03. The van der Waals surface area contributed by atoms with Crippen LogP contribution in [-0.2, 0) is 0 Å². The number of aromatic nitrogens is 2. The van der Waals surface area contributed by atoms with Crippen LogP contribution < -0.4 is 16.0 Å². The zero-order valence-electron chi connectivity index (χ0n) is 9.59. The molecule has 1 heterocycles. The van der Waals surface area contributed by atoms with Gasteiger partial charge in [0.25, 0.3) is 5.56 Å². The van der Waals surface area contributed by atoms with Crippen molar-refractivity contribution in [3.05, 3.63) is 40.7 Å². The van der Waals surface area contributed by atoms with Crippen molar-refractivity contribution in [1.29, 1.82) is 0 Å². The topological polar surface area (TPSA) is 101 Å². The summed E-state index contributed by atoms with van der Waals surface area (Å²) in [5, 5.41) is 9.26. The van der Waals surface area contributed by atoms with Gasteiger partial charge >= 0.3 is 0 Å². The summed E-state index contributed by atoms with van der Waals surface area (Å²) in [5.41, 5.74) is 5.61.